The molecule has 0 bridgehead atoms. The number of amides is 2. The molecule has 0 heterocycles. The first kappa shape index (κ1) is 24.0. The van der Waals surface area contributed by atoms with Crippen LogP contribution in [0.25, 0.3) is 0 Å². The Balaban J connectivity index is 1.16. The molecule has 0 unspecified atom stereocenters. The van der Waals surface area contributed by atoms with Crippen molar-refractivity contribution in [3.8, 4) is 0 Å². The number of rotatable bonds is 10. The number of hydrogen-bond donors (Lipinski definition) is 2. The highest BCUT2D eigenvalue weighted by atomic mass is 32.2. The first-order valence-corrected chi connectivity index (χ1v) is 14.1. The van der Waals surface area contributed by atoms with Crippen molar-refractivity contribution in [2.24, 2.45) is 5.92 Å². The highest BCUT2D eigenvalue weighted by Crippen LogP contribution is 2.37. The molecule has 3 aliphatic carbocycles. The maximum atomic E-state index is 13.1. The predicted molar refractivity (Wildman–Crippen MR) is 133 cm³/mol. The van der Waals surface area contributed by atoms with E-state index in [2.05, 4.69) is 5.32 Å². The first-order valence-electron chi connectivity index (χ1n) is 12.5. The second-order valence-corrected chi connectivity index (χ2v) is 12.4. The van der Waals surface area contributed by atoms with Crippen molar-refractivity contribution in [3.05, 3.63) is 59.7 Å². The molecule has 8 heteroatoms. The van der Waals surface area contributed by atoms with E-state index in [-0.39, 0.29) is 35.9 Å². The summed E-state index contributed by atoms with van der Waals surface area (Å²) in [5, 5.41) is 13.4. The third-order valence-corrected chi connectivity index (χ3v) is 9.11. The van der Waals surface area contributed by atoms with Crippen LogP contribution in [0, 0.1) is 5.92 Å². The van der Waals surface area contributed by atoms with Gasteiger partial charge in [0.05, 0.1) is 29.2 Å². The highest BCUT2D eigenvalue weighted by molar-refractivity contribution is 7.91. The zero-order chi connectivity index (χ0) is 24.6. The fourth-order valence-electron chi connectivity index (χ4n) is 4.57. The largest absolute Gasteiger partial charge is 0.388 e. The summed E-state index contributed by atoms with van der Waals surface area (Å²) in [5.41, 5.74) is 1.12. The lowest BCUT2D eigenvalue weighted by atomic mass is 9.80. The van der Waals surface area contributed by atoms with Crippen LogP contribution in [0.5, 0.6) is 0 Å². The molecule has 3 fully saturated rings. The Kier molecular flexibility index (Phi) is 6.44. The van der Waals surface area contributed by atoms with E-state index in [1.165, 1.54) is 0 Å². The number of nitrogens with one attached hydrogen (secondary N) is 1. The molecule has 0 aromatic heterocycles. The van der Waals surface area contributed by atoms with E-state index in [0.717, 1.165) is 50.5 Å². The van der Waals surface area contributed by atoms with Crippen molar-refractivity contribution in [2.45, 2.75) is 67.9 Å². The Hall–Kier alpha value is -2.71. The zero-order valence-electron chi connectivity index (χ0n) is 19.8. The van der Waals surface area contributed by atoms with Crippen LogP contribution in [-0.2, 0) is 21.1 Å². The summed E-state index contributed by atoms with van der Waals surface area (Å²) in [5.74, 6) is 0.190. The second-order valence-electron chi connectivity index (χ2n) is 10.4. The van der Waals surface area contributed by atoms with Gasteiger partial charge >= 0.3 is 0 Å². The Morgan fingerprint density at radius 1 is 0.971 bits per heavy atom. The molecule has 0 saturated heterocycles. The molecule has 186 valence electrons. The van der Waals surface area contributed by atoms with Crippen molar-refractivity contribution in [1.82, 2.24) is 4.90 Å². The molecule has 0 spiro atoms. The van der Waals surface area contributed by atoms with Crippen LogP contribution in [0.15, 0.2) is 53.4 Å². The van der Waals surface area contributed by atoms with Crippen molar-refractivity contribution >= 4 is 27.3 Å². The molecule has 2 N–H and O–H groups in total. The molecule has 7 nitrogen and oxygen atoms in total. The smallest absolute Gasteiger partial charge is 0.254 e. The molecule has 5 rings (SSSR count). The summed E-state index contributed by atoms with van der Waals surface area (Å²) in [6.45, 7) is 0.385. The molecule has 0 atom stereocenters. The van der Waals surface area contributed by atoms with E-state index in [1.807, 2.05) is 0 Å². The number of carbonyl (C=O) groups is 2. The number of hydrogen-bond acceptors (Lipinski definition) is 5. The minimum absolute atomic E-state index is 0.0811. The van der Waals surface area contributed by atoms with Crippen LogP contribution in [-0.4, -0.2) is 54.2 Å². The lowest BCUT2D eigenvalue weighted by molar-refractivity contribution is -0.115. The lowest BCUT2D eigenvalue weighted by Crippen LogP contribution is -2.50. The summed E-state index contributed by atoms with van der Waals surface area (Å²) in [6.07, 6.45) is 6.52. The normalized spacial score (nSPS) is 19.0. The summed E-state index contributed by atoms with van der Waals surface area (Å²) in [7, 11) is -3.26. The van der Waals surface area contributed by atoms with E-state index in [4.69, 9.17) is 0 Å². The summed E-state index contributed by atoms with van der Waals surface area (Å²) in [6, 6.07) is 13.6. The fourth-order valence-corrected chi connectivity index (χ4v) is 6.27. The van der Waals surface area contributed by atoms with E-state index in [9.17, 15) is 23.1 Å². The lowest BCUT2D eigenvalue weighted by Gasteiger charge is -2.40. The quantitative estimate of drug-likeness (QED) is 0.523. The van der Waals surface area contributed by atoms with E-state index < -0.39 is 15.4 Å². The molecule has 35 heavy (non-hydrogen) atoms. The van der Waals surface area contributed by atoms with Crippen LogP contribution >= 0.6 is 0 Å². The minimum atomic E-state index is -3.26. The van der Waals surface area contributed by atoms with Crippen molar-refractivity contribution in [3.63, 3.8) is 0 Å². The molecule has 0 radical (unpaired) electrons. The zero-order valence-corrected chi connectivity index (χ0v) is 20.6. The first-order chi connectivity index (χ1) is 16.7. The van der Waals surface area contributed by atoms with Crippen LogP contribution < -0.4 is 5.32 Å². The van der Waals surface area contributed by atoms with Crippen LogP contribution in [0.1, 0.15) is 60.9 Å². The van der Waals surface area contributed by atoms with E-state index in [1.54, 1.807) is 53.4 Å². The number of nitrogens with zero attached hydrogens (tertiary/aromatic N) is 1. The molecule has 3 aliphatic rings. The number of aliphatic hydroxyl groups is 1. The van der Waals surface area contributed by atoms with Gasteiger partial charge in [0.25, 0.3) is 5.91 Å². The Bertz CT molecular complexity index is 1200. The van der Waals surface area contributed by atoms with Crippen LogP contribution in [0.2, 0.25) is 0 Å². The van der Waals surface area contributed by atoms with Gasteiger partial charge in [0.15, 0.2) is 9.84 Å². The third kappa shape index (κ3) is 5.93. The van der Waals surface area contributed by atoms with Gasteiger partial charge in [0.1, 0.15) is 0 Å². The topological polar surface area (TPSA) is 104 Å². The van der Waals surface area contributed by atoms with Crippen LogP contribution in [0.3, 0.4) is 0 Å². The average Bonchev–Trinajstić information content (AvgIpc) is 3.72. The highest BCUT2D eigenvalue weighted by Gasteiger charge is 2.42. The monoisotopic (exact) mass is 496 g/mol. The Morgan fingerprint density at radius 2 is 1.63 bits per heavy atom. The van der Waals surface area contributed by atoms with Gasteiger partial charge in [-0.1, -0.05) is 12.1 Å². The van der Waals surface area contributed by atoms with Gasteiger partial charge in [-0.15, -0.1) is 0 Å². The second kappa shape index (κ2) is 9.39. The summed E-state index contributed by atoms with van der Waals surface area (Å²) < 4.78 is 24.8. The molecule has 2 aromatic carbocycles. The maximum absolute atomic E-state index is 13.1. The molecule has 3 saturated carbocycles. The van der Waals surface area contributed by atoms with Crippen molar-refractivity contribution < 1.29 is 23.1 Å². The molecular formula is C27H32N2O5S. The van der Waals surface area contributed by atoms with Gasteiger partial charge in [-0.2, -0.15) is 0 Å². The van der Waals surface area contributed by atoms with Gasteiger partial charge in [-0.05, 0) is 92.8 Å². The SMILES string of the molecule is O=C(Cc1ccc(S(=O)(=O)CC2CC2)cc1)Nc1ccc(C(=O)N(CC2(O)CCC2)C2CC2)cc1. The Labute approximate surface area is 206 Å². The molecule has 2 aromatic rings. The average molecular weight is 497 g/mol. The molecular weight excluding hydrogens is 464 g/mol. The summed E-state index contributed by atoms with van der Waals surface area (Å²) in [4.78, 5) is 27.7. The number of benzene rings is 2. The van der Waals surface area contributed by atoms with Gasteiger partial charge in [-0.3, -0.25) is 9.59 Å². The number of carbonyl (C=O) groups excluding carboxylic acids is 2. The third-order valence-electron chi connectivity index (χ3n) is 7.21. The van der Waals surface area contributed by atoms with Gasteiger partial charge in [-0.25, -0.2) is 8.42 Å². The predicted octanol–water partition coefficient (Wildman–Crippen LogP) is 3.57. The van der Waals surface area contributed by atoms with Gasteiger partial charge in [0.2, 0.25) is 5.91 Å². The van der Waals surface area contributed by atoms with Gasteiger partial charge in [0, 0.05) is 17.3 Å². The minimum Gasteiger partial charge on any atom is -0.388 e. The number of anilines is 1. The standard InChI is InChI=1S/C27H32N2O5S/c30-25(16-19-4-12-24(13-5-19)35(33,34)17-20-2-3-20)28-22-8-6-21(7-9-22)26(31)29(23-10-11-23)18-27(32)14-1-15-27/h4-9,12-13,20,23,32H,1-3,10-11,14-18H2,(H,28,30). The molecule has 0 aliphatic heterocycles. The van der Waals surface area contributed by atoms with E-state index >= 15 is 0 Å². The van der Waals surface area contributed by atoms with Crippen molar-refractivity contribution in [2.75, 3.05) is 17.6 Å². The molecule has 2 amide bonds. The summed E-state index contributed by atoms with van der Waals surface area (Å²) >= 11 is 0. The fraction of sp³-hybridized carbons (Fsp3) is 0.481. The Morgan fingerprint density at radius 3 is 2.17 bits per heavy atom. The van der Waals surface area contributed by atoms with Crippen LogP contribution in [0.4, 0.5) is 5.69 Å². The van der Waals surface area contributed by atoms with Crippen molar-refractivity contribution in [1.29, 1.82) is 0 Å². The number of sulfone groups is 1. The maximum Gasteiger partial charge on any atom is 0.254 e. The van der Waals surface area contributed by atoms with E-state index in [0.29, 0.717) is 22.7 Å². The van der Waals surface area contributed by atoms with Gasteiger partial charge < -0.3 is 15.3 Å².